The van der Waals surface area contributed by atoms with Crippen molar-refractivity contribution in [3.05, 3.63) is 24.3 Å². The van der Waals surface area contributed by atoms with Gasteiger partial charge in [0.05, 0.1) is 4.90 Å². The van der Waals surface area contributed by atoms with Gasteiger partial charge in [-0.25, -0.2) is 13.1 Å². The second-order valence-corrected chi connectivity index (χ2v) is 6.80. The largest absolute Gasteiger partial charge is 0.330 e. The molecule has 6 nitrogen and oxygen atoms in total. The Hall–Kier alpha value is -1.15. The van der Waals surface area contributed by atoms with Gasteiger partial charge in [-0.1, -0.05) is 19.9 Å². The number of hydrogen-bond acceptors (Lipinski definition) is 4. The van der Waals surface area contributed by atoms with Gasteiger partial charge in [-0.3, -0.25) is 4.79 Å². The molecule has 0 aliphatic rings. The number of nitrogens with two attached hydrogens (primary N) is 1. The van der Waals surface area contributed by atoms with Crippen LogP contribution < -0.4 is 15.8 Å². The maximum Gasteiger partial charge on any atom is 0.240 e. The minimum Gasteiger partial charge on any atom is -0.330 e. The van der Waals surface area contributed by atoms with Gasteiger partial charge in [0.1, 0.15) is 0 Å². The molecule has 1 rings (SSSR count). The van der Waals surface area contributed by atoms with Gasteiger partial charge in [-0.05, 0) is 31.5 Å². The Morgan fingerprint density at radius 2 is 1.95 bits per heavy atom. The van der Waals surface area contributed by atoms with E-state index in [-0.39, 0.29) is 41.7 Å². The first-order chi connectivity index (χ1) is 9.80. The Balaban J connectivity index is 0.00000441. The molecule has 4 N–H and O–H groups in total. The summed E-state index contributed by atoms with van der Waals surface area (Å²) in [6.07, 6.45) is 0.698. The summed E-state index contributed by atoms with van der Waals surface area (Å²) in [6, 6.07) is 6.01. The maximum atomic E-state index is 12.2. The summed E-state index contributed by atoms with van der Waals surface area (Å²) in [5.74, 6) is -0.564. The van der Waals surface area contributed by atoms with Crippen LogP contribution in [0.4, 0.5) is 5.69 Å². The smallest absolute Gasteiger partial charge is 0.240 e. The van der Waals surface area contributed by atoms with Gasteiger partial charge in [0, 0.05) is 24.2 Å². The minimum atomic E-state index is -3.58. The highest BCUT2D eigenvalue weighted by Gasteiger charge is 2.17. The third-order valence-electron chi connectivity index (χ3n) is 3.18. The second-order valence-electron chi connectivity index (χ2n) is 5.08. The summed E-state index contributed by atoms with van der Waals surface area (Å²) < 4.78 is 26.9. The molecule has 0 aliphatic heterocycles. The molecular formula is C14H24ClN3O3S. The number of hydrogen-bond donors (Lipinski definition) is 3. The Morgan fingerprint density at radius 3 is 2.50 bits per heavy atom. The Morgan fingerprint density at radius 1 is 1.32 bits per heavy atom. The van der Waals surface area contributed by atoms with Gasteiger partial charge in [-0.15, -0.1) is 12.4 Å². The zero-order valence-electron chi connectivity index (χ0n) is 13.0. The number of nitrogens with one attached hydrogen (secondary N) is 2. The van der Waals surface area contributed by atoms with Crippen molar-refractivity contribution in [1.29, 1.82) is 0 Å². The van der Waals surface area contributed by atoms with Gasteiger partial charge >= 0.3 is 0 Å². The van der Waals surface area contributed by atoms with Crippen molar-refractivity contribution in [2.45, 2.75) is 38.1 Å². The third kappa shape index (κ3) is 5.92. The van der Waals surface area contributed by atoms with E-state index in [0.717, 1.165) is 0 Å². The first kappa shape index (κ1) is 20.9. The third-order valence-corrected chi connectivity index (χ3v) is 4.77. The average molecular weight is 350 g/mol. The minimum absolute atomic E-state index is 0. The van der Waals surface area contributed by atoms with E-state index in [2.05, 4.69) is 10.0 Å². The number of rotatable bonds is 7. The zero-order chi connectivity index (χ0) is 16.0. The molecule has 0 heterocycles. The van der Waals surface area contributed by atoms with Crippen LogP contribution in [0, 0.1) is 5.92 Å². The molecule has 2 unspecified atom stereocenters. The molecule has 0 fully saturated rings. The predicted molar refractivity (Wildman–Crippen MR) is 90.6 cm³/mol. The van der Waals surface area contributed by atoms with E-state index in [9.17, 15) is 13.2 Å². The summed E-state index contributed by atoms with van der Waals surface area (Å²) >= 11 is 0. The van der Waals surface area contributed by atoms with E-state index in [4.69, 9.17) is 5.73 Å². The lowest BCUT2D eigenvalue weighted by Crippen LogP contribution is -2.32. The van der Waals surface area contributed by atoms with Crippen molar-refractivity contribution in [2.75, 3.05) is 11.9 Å². The van der Waals surface area contributed by atoms with Gasteiger partial charge in [0.15, 0.2) is 0 Å². The van der Waals surface area contributed by atoms with E-state index < -0.39 is 10.0 Å². The number of benzene rings is 1. The quantitative estimate of drug-likeness (QED) is 0.697. The molecule has 0 radical (unpaired) electrons. The van der Waals surface area contributed by atoms with Crippen LogP contribution in [-0.4, -0.2) is 26.9 Å². The van der Waals surface area contributed by atoms with Crippen LogP contribution in [0.1, 0.15) is 27.2 Å². The maximum absolute atomic E-state index is 12.2. The Labute approximate surface area is 138 Å². The van der Waals surface area contributed by atoms with Crippen LogP contribution in [0.3, 0.4) is 0 Å². The van der Waals surface area contributed by atoms with Crippen LogP contribution in [0.15, 0.2) is 29.2 Å². The number of sulfonamides is 1. The fourth-order valence-electron chi connectivity index (χ4n) is 1.53. The molecular weight excluding hydrogens is 326 g/mol. The van der Waals surface area contributed by atoms with Crippen molar-refractivity contribution in [3.8, 4) is 0 Å². The van der Waals surface area contributed by atoms with Crippen molar-refractivity contribution < 1.29 is 13.2 Å². The molecule has 0 aliphatic carbocycles. The highest BCUT2D eigenvalue weighted by molar-refractivity contribution is 7.89. The molecule has 1 aromatic carbocycles. The van der Waals surface area contributed by atoms with Gasteiger partial charge < -0.3 is 11.1 Å². The van der Waals surface area contributed by atoms with E-state index in [0.29, 0.717) is 12.1 Å². The zero-order valence-corrected chi connectivity index (χ0v) is 14.6. The van der Waals surface area contributed by atoms with Crippen LogP contribution in [0.2, 0.25) is 0 Å². The van der Waals surface area contributed by atoms with Crippen molar-refractivity contribution in [1.82, 2.24) is 4.72 Å². The molecule has 0 aromatic heterocycles. The molecule has 0 saturated carbocycles. The Bertz CT molecular complexity index is 593. The first-order valence-corrected chi connectivity index (χ1v) is 8.41. The molecule has 1 aromatic rings. The Kier molecular flexibility index (Phi) is 8.62. The molecule has 1 amide bonds. The summed E-state index contributed by atoms with van der Waals surface area (Å²) in [7, 11) is -3.58. The monoisotopic (exact) mass is 349 g/mol. The lowest BCUT2D eigenvalue weighted by atomic mass is 10.1. The summed E-state index contributed by atoms with van der Waals surface area (Å²) in [4.78, 5) is 11.9. The van der Waals surface area contributed by atoms with Crippen molar-refractivity contribution in [3.63, 3.8) is 0 Å². The van der Waals surface area contributed by atoms with Gasteiger partial charge in [-0.2, -0.15) is 0 Å². The number of carbonyl (C=O) groups excluding carboxylic acids is 1. The van der Waals surface area contributed by atoms with E-state index in [1.807, 2.05) is 6.92 Å². The van der Waals surface area contributed by atoms with Gasteiger partial charge in [0.2, 0.25) is 15.9 Å². The van der Waals surface area contributed by atoms with Crippen molar-refractivity contribution >= 4 is 34.0 Å². The van der Waals surface area contributed by atoms with Crippen LogP contribution in [0.5, 0.6) is 0 Å². The lowest BCUT2D eigenvalue weighted by molar-refractivity contribution is -0.119. The van der Waals surface area contributed by atoms with E-state index >= 15 is 0 Å². The average Bonchev–Trinajstić information content (AvgIpc) is 2.46. The van der Waals surface area contributed by atoms with Crippen LogP contribution in [-0.2, 0) is 14.8 Å². The summed E-state index contributed by atoms with van der Waals surface area (Å²) in [5.41, 5.74) is 5.87. The molecule has 2 atom stereocenters. The molecule has 0 bridgehead atoms. The molecule has 0 saturated heterocycles. The molecule has 8 heteroatoms. The van der Waals surface area contributed by atoms with E-state index in [1.54, 1.807) is 26.0 Å². The van der Waals surface area contributed by atoms with Crippen molar-refractivity contribution in [2.24, 2.45) is 11.7 Å². The normalized spacial score (nSPS) is 13.8. The highest BCUT2D eigenvalue weighted by Crippen LogP contribution is 2.16. The number of amides is 1. The van der Waals surface area contributed by atoms with Crippen LogP contribution >= 0.6 is 12.4 Å². The summed E-state index contributed by atoms with van der Waals surface area (Å²) in [5, 5.41) is 2.66. The number of halogens is 1. The fraction of sp³-hybridized carbons (Fsp3) is 0.500. The van der Waals surface area contributed by atoms with E-state index in [1.165, 1.54) is 12.1 Å². The first-order valence-electron chi connectivity index (χ1n) is 6.93. The fourth-order valence-corrected chi connectivity index (χ4v) is 2.90. The summed E-state index contributed by atoms with van der Waals surface area (Å²) in [6.45, 7) is 5.64. The molecule has 126 valence electrons. The molecule has 0 spiro atoms. The second kappa shape index (κ2) is 9.09. The SMILES string of the molecule is CCC(C)NS(=O)(=O)c1cccc(NC(=O)C(C)CN)c1.Cl. The molecule has 22 heavy (non-hydrogen) atoms. The van der Waals surface area contributed by atoms with Crippen LogP contribution in [0.25, 0.3) is 0 Å². The number of anilines is 1. The highest BCUT2D eigenvalue weighted by atomic mass is 35.5. The predicted octanol–water partition coefficient (Wildman–Crippen LogP) is 1.72. The number of carbonyl (C=O) groups is 1. The topological polar surface area (TPSA) is 101 Å². The lowest BCUT2D eigenvalue weighted by Gasteiger charge is -2.14. The van der Waals surface area contributed by atoms with Gasteiger partial charge in [0.25, 0.3) is 0 Å². The standard InChI is InChI=1S/C14H23N3O3S.ClH/c1-4-11(3)17-21(19,20)13-7-5-6-12(8-13)16-14(18)10(2)9-15;/h5-8,10-11,17H,4,9,15H2,1-3H3,(H,16,18);1H.